The van der Waals surface area contributed by atoms with Gasteiger partial charge < -0.3 is 15.0 Å². The number of nitrogens with one attached hydrogen (secondary N) is 1. The summed E-state index contributed by atoms with van der Waals surface area (Å²) in [5, 5.41) is 3.10. The maximum atomic E-state index is 12.6. The van der Waals surface area contributed by atoms with Crippen molar-refractivity contribution in [3.8, 4) is 16.9 Å². The van der Waals surface area contributed by atoms with Crippen molar-refractivity contribution < 1.29 is 9.53 Å². The summed E-state index contributed by atoms with van der Waals surface area (Å²) in [6, 6.07) is 14.3. The lowest BCUT2D eigenvalue weighted by atomic mass is 9.86. The van der Waals surface area contributed by atoms with Crippen LogP contribution in [0.3, 0.4) is 0 Å². The number of fused-ring (bicyclic) bond motifs is 3. The lowest BCUT2D eigenvalue weighted by molar-refractivity contribution is 0.0951. The summed E-state index contributed by atoms with van der Waals surface area (Å²) in [7, 11) is 3.82. The van der Waals surface area contributed by atoms with Gasteiger partial charge in [-0.15, -0.1) is 0 Å². The van der Waals surface area contributed by atoms with Gasteiger partial charge in [0.25, 0.3) is 5.91 Å². The van der Waals surface area contributed by atoms with Crippen molar-refractivity contribution in [2.75, 3.05) is 33.8 Å². The summed E-state index contributed by atoms with van der Waals surface area (Å²) in [6.07, 6.45) is 0. The lowest BCUT2D eigenvalue weighted by Crippen LogP contribution is -2.29. The second kappa shape index (κ2) is 5.95. The van der Waals surface area contributed by atoms with Crippen molar-refractivity contribution in [2.24, 2.45) is 5.92 Å². The van der Waals surface area contributed by atoms with Gasteiger partial charge in [0.15, 0.2) is 0 Å². The molecule has 2 unspecified atom stereocenters. The first-order valence-corrected chi connectivity index (χ1v) is 8.41. The molecule has 2 atom stereocenters. The Morgan fingerprint density at radius 1 is 1.12 bits per heavy atom. The van der Waals surface area contributed by atoms with Gasteiger partial charge in [0, 0.05) is 31.1 Å². The van der Waals surface area contributed by atoms with Gasteiger partial charge in [-0.3, -0.25) is 4.79 Å². The number of likely N-dealkylation sites (N-methyl/N-ethyl adjacent to an activating group) is 1. The van der Waals surface area contributed by atoms with Crippen molar-refractivity contribution in [2.45, 2.75) is 5.92 Å². The number of nitrogens with zero attached hydrogens (tertiary/aromatic N) is 1. The van der Waals surface area contributed by atoms with E-state index in [1.54, 1.807) is 7.11 Å². The van der Waals surface area contributed by atoms with Crippen LogP contribution in [0.25, 0.3) is 11.1 Å². The van der Waals surface area contributed by atoms with Gasteiger partial charge in [-0.25, -0.2) is 0 Å². The molecule has 24 heavy (non-hydrogen) atoms. The van der Waals surface area contributed by atoms with Crippen LogP contribution in [0.5, 0.6) is 5.75 Å². The molecule has 1 fully saturated rings. The van der Waals surface area contributed by atoms with E-state index in [0.29, 0.717) is 11.8 Å². The van der Waals surface area contributed by atoms with Crippen LogP contribution in [0.15, 0.2) is 42.5 Å². The zero-order valence-electron chi connectivity index (χ0n) is 14.1. The first-order valence-electron chi connectivity index (χ1n) is 8.41. The first-order chi connectivity index (χ1) is 11.7. The van der Waals surface area contributed by atoms with Gasteiger partial charge in [-0.05, 0) is 47.9 Å². The number of likely N-dealkylation sites (tertiary alicyclic amines) is 1. The van der Waals surface area contributed by atoms with E-state index in [2.05, 4.69) is 29.4 Å². The number of methoxy groups -OCH3 is 1. The molecule has 1 amide bonds. The number of rotatable bonds is 2. The summed E-state index contributed by atoms with van der Waals surface area (Å²) in [5.41, 5.74) is 4.12. The largest absolute Gasteiger partial charge is 0.497 e. The smallest absolute Gasteiger partial charge is 0.251 e. The summed E-state index contributed by atoms with van der Waals surface area (Å²) in [6.45, 7) is 2.82. The molecule has 0 aromatic heterocycles. The van der Waals surface area contributed by atoms with E-state index < -0.39 is 0 Å². The summed E-state index contributed by atoms with van der Waals surface area (Å²) >= 11 is 0. The molecule has 2 aromatic rings. The maximum absolute atomic E-state index is 12.6. The van der Waals surface area contributed by atoms with Crippen molar-refractivity contribution in [1.82, 2.24) is 10.2 Å². The Morgan fingerprint density at radius 3 is 2.79 bits per heavy atom. The van der Waals surface area contributed by atoms with Crippen LogP contribution in [0.2, 0.25) is 0 Å². The second-order valence-electron chi connectivity index (χ2n) is 6.83. The quantitative estimate of drug-likeness (QED) is 0.924. The third-order valence-corrected chi connectivity index (χ3v) is 5.25. The molecule has 4 rings (SSSR count). The molecule has 1 N–H and O–H groups in total. The molecule has 124 valence electrons. The molecule has 0 radical (unpaired) electrons. The summed E-state index contributed by atoms with van der Waals surface area (Å²) in [4.78, 5) is 14.9. The summed E-state index contributed by atoms with van der Waals surface area (Å²) < 4.78 is 5.31. The standard InChI is InChI=1S/C20H22N2O2/c1-22-11-15-10-21-20(23)18-9-14(6-7-17(18)19(15)12-22)13-4-3-5-16(8-13)24-2/h3-9,15,19H,10-12H2,1-2H3,(H,21,23). The Balaban J connectivity index is 1.77. The van der Waals surface area contributed by atoms with Gasteiger partial charge in [0.2, 0.25) is 0 Å². The van der Waals surface area contributed by atoms with Crippen LogP contribution in [-0.4, -0.2) is 44.6 Å². The molecule has 4 heteroatoms. The normalized spacial score (nSPS) is 23.2. The molecule has 1 saturated heterocycles. The lowest BCUT2D eigenvalue weighted by Gasteiger charge is -2.17. The highest BCUT2D eigenvalue weighted by atomic mass is 16.5. The van der Waals surface area contributed by atoms with Gasteiger partial charge in [0.1, 0.15) is 5.75 Å². The third kappa shape index (κ3) is 2.57. The van der Waals surface area contributed by atoms with Gasteiger partial charge >= 0.3 is 0 Å². The molecule has 2 aliphatic heterocycles. The van der Waals surface area contributed by atoms with E-state index >= 15 is 0 Å². The molecule has 2 heterocycles. The highest BCUT2D eigenvalue weighted by molar-refractivity contribution is 5.97. The number of ether oxygens (including phenoxy) is 1. The number of benzene rings is 2. The molecule has 2 aliphatic rings. The Kier molecular flexibility index (Phi) is 3.77. The number of hydrogen-bond acceptors (Lipinski definition) is 3. The monoisotopic (exact) mass is 322 g/mol. The van der Waals surface area contributed by atoms with E-state index in [0.717, 1.165) is 42.1 Å². The molecule has 0 bridgehead atoms. The average molecular weight is 322 g/mol. The molecular formula is C20H22N2O2. The summed E-state index contributed by atoms with van der Waals surface area (Å²) in [5.74, 6) is 1.81. The highest BCUT2D eigenvalue weighted by Gasteiger charge is 2.36. The Labute approximate surface area is 142 Å². The maximum Gasteiger partial charge on any atom is 0.251 e. The van der Waals surface area contributed by atoms with Crippen molar-refractivity contribution in [3.05, 3.63) is 53.6 Å². The number of hydrogen-bond donors (Lipinski definition) is 1. The Morgan fingerprint density at radius 2 is 1.96 bits per heavy atom. The molecule has 2 aromatic carbocycles. The van der Waals surface area contributed by atoms with Crippen LogP contribution in [-0.2, 0) is 0 Å². The minimum atomic E-state index is 0.0480. The fraction of sp³-hybridized carbons (Fsp3) is 0.350. The molecule has 0 saturated carbocycles. The van der Waals surface area contributed by atoms with E-state index in [4.69, 9.17) is 4.74 Å². The van der Waals surface area contributed by atoms with Gasteiger partial charge in [-0.2, -0.15) is 0 Å². The SMILES string of the molecule is COc1cccc(-c2ccc3c(c2)C(=O)NCC2CN(C)CC32)c1. The van der Waals surface area contributed by atoms with Crippen LogP contribution in [0.4, 0.5) is 0 Å². The Bertz CT molecular complexity index is 787. The first kappa shape index (κ1) is 15.2. The van der Waals surface area contributed by atoms with E-state index in [1.807, 2.05) is 30.3 Å². The average Bonchev–Trinajstić information content (AvgIpc) is 2.94. The van der Waals surface area contributed by atoms with E-state index in [-0.39, 0.29) is 5.91 Å². The zero-order chi connectivity index (χ0) is 16.7. The van der Waals surface area contributed by atoms with E-state index in [1.165, 1.54) is 5.56 Å². The number of carbonyl (C=O) groups is 1. The minimum Gasteiger partial charge on any atom is -0.497 e. The van der Waals surface area contributed by atoms with E-state index in [9.17, 15) is 4.79 Å². The molecule has 0 spiro atoms. The van der Waals surface area contributed by atoms with Crippen molar-refractivity contribution >= 4 is 5.91 Å². The second-order valence-corrected chi connectivity index (χ2v) is 6.83. The molecule has 4 nitrogen and oxygen atoms in total. The van der Waals surface area contributed by atoms with Crippen LogP contribution < -0.4 is 10.1 Å². The van der Waals surface area contributed by atoms with Crippen molar-refractivity contribution in [3.63, 3.8) is 0 Å². The van der Waals surface area contributed by atoms with Crippen LogP contribution in [0, 0.1) is 5.92 Å². The predicted molar refractivity (Wildman–Crippen MR) is 94.5 cm³/mol. The number of carbonyl (C=O) groups excluding carboxylic acids is 1. The fourth-order valence-corrected chi connectivity index (χ4v) is 4.02. The molecule has 0 aliphatic carbocycles. The zero-order valence-corrected chi connectivity index (χ0v) is 14.1. The topological polar surface area (TPSA) is 41.6 Å². The van der Waals surface area contributed by atoms with Crippen LogP contribution >= 0.6 is 0 Å². The fourth-order valence-electron chi connectivity index (χ4n) is 4.02. The minimum absolute atomic E-state index is 0.0480. The van der Waals surface area contributed by atoms with Gasteiger partial charge in [0.05, 0.1) is 7.11 Å². The molecular weight excluding hydrogens is 300 g/mol. The van der Waals surface area contributed by atoms with Crippen molar-refractivity contribution in [1.29, 1.82) is 0 Å². The highest BCUT2D eigenvalue weighted by Crippen LogP contribution is 2.37. The van der Waals surface area contributed by atoms with Gasteiger partial charge in [-0.1, -0.05) is 24.3 Å². The predicted octanol–water partition coefficient (Wildman–Crippen LogP) is 2.75. The Hall–Kier alpha value is -2.33. The van der Waals surface area contributed by atoms with Crippen LogP contribution in [0.1, 0.15) is 21.8 Å². The third-order valence-electron chi connectivity index (χ3n) is 5.25. The number of amides is 1.